The number of pyridine rings is 1. The Morgan fingerprint density at radius 3 is 2.66 bits per heavy atom. The van der Waals surface area contributed by atoms with Crippen LogP contribution in [0.1, 0.15) is 12.1 Å². The van der Waals surface area contributed by atoms with Gasteiger partial charge < -0.3 is 14.5 Å². The molecule has 2 aliphatic rings. The van der Waals surface area contributed by atoms with Gasteiger partial charge in [0.05, 0.1) is 25.3 Å². The van der Waals surface area contributed by atoms with Crippen LogP contribution in [0.25, 0.3) is 0 Å². The predicted molar refractivity (Wildman–Crippen MR) is 107 cm³/mol. The van der Waals surface area contributed by atoms with E-state index in [9.17, 15) is 13.2 Å². The van der Waals surface area contributed by atoms with Gasteiger partial charge >= 0.3 is 6.03 Å². The van der Waals surface area contributed by atoms with Crippen LogP contribution in [0, 0.1) is 0 Å². The van der Waals surface area contributed by atoms with Crippen LogP contribution in [-0.2, 0) is 16.6 Å². The van der Waals surface area contributed by atoms with Crippen LogP contribution in [0.5, 0.6) is 5.75 Å². The second-order valence-electron chi connectivity index (χ2n) is 7.67. The summed E-state index contributed by atoms with van der Waals surface area (Å²) in [5.74, 6) is 0.329. The summed E-state index contributed by atoms with van der Waals surface area (Å²) in [6.07, 6.45) is 2.20. The van der Waals surface area contributed by atoms with Gasteiger partial charge in [-0.3, -0.25) is 4.98 Å². The largest absolute Gasteiger partial charge is 0.483 e. The Morgan fingerprint density at radius 2 is 1.93 bits per heavy atom. The number of likely N-dealkylation sites (tertiary alicyclic amines) is 1. The highest BCUT2D eigenvalue weighted by Crippen LogP contribution is 2.39. The fourth-order valence-electron chi connectivity index (χ4n) is 3.87. The minimum atomic E-state index is -3.78. The van der Waals surface area contributed by atoms with Gasteiger partial charge in [-0.15, -0.1) is 0 Å². The highest BCUT2D eigenvalue weighted by Gasteiger charge is 2.49. The van der Waals surface area contributed by atoms with E-state index in [0.29, 0.717) is 31.0 Å². The highest BCUT2D eigenvalue weighted by molar-refractivity contribution is 7.89. The third kappa shape index (κ3) is 3.67. The SMILES string of the molecule is CN(C)C(=O)N1CC[C@]2(C1)CN(Cc1ccccn1)S(=O)(=O)c1ccccc1O2. The van der Waals surface area contributed by atoms with E-state index in [2.05, 4.69) is 4.98 Å². The Labute approximate surface area is 170 Å². The predicted octanol–water partition coefficient (Wildman–Crippen LogP) is 1.79. The normalized spacial score (nSPS) is 23.3. The van der Waals surface area contributed by atoms with Crippen LogP contribution in [0.2, 0.25) is 0 Å². The number of nitrogens with zero attached hydrogens (tertiary/aromatic N) is 4. The Bertz CT molecular complexity index is 1010. The van der Waals surface area contributed by atoms with Gasteiger partial charge in [0.2, 0.25) is 10.0 Å². The maximum Gasteiger partial charge on any atom is 0.319 e. The average molecular weight is 417 g/mol. The Kier molecular flexibility index (Phi) is 4.95. The van der Waals surface area contributed by atoms with Gasteiger partial charge in [-0.2, -0.15) is 4.31 Å². The third-order valence-electron chi connectivity index (χ3n) is 5.29. The number of ether oxygens (including phenoxy) is 1. The zero-order valence-electron chi connectivity index (χ0n) is 16.5. The van der Waals surface area contributed by atoms with Gasteiger partial charge in [-0.1, -0.05) is 18.2 Å². The molecule has 2 aromatic rings. The van der Waals surface area contributed by atoms with Crippen molar-refractivity contribution in [3.8, 4) is 5.75 Å². The zero-order valence-corrected chi connectivity index (χ0v) is 17.3. The molecule has 1 fully saturated rings. The van der Waals surface area contributed by atoms with E-state index in [1.807, 2.05) is 6.07 Å². The van der Waals surface area contributed by atoms with Gasteiger partial charge in [0.25, 0.3) is 0 Å². The number of carbonyl (C=O) groups is 1. The van der Waals surface area contributed by atoms with E-state index >= 15 is 0 Å². The number of fused-ring (bicyclic) bond motifs is 1. The van der Waals surface area contributed by atoms with Crippen molar-refractivity contribution in [2.24, 2.45) is 0 Å². The zero-order chi connectivity index (χ0) is 20.6. The van der Waals surface area contributed by atoms with Crippen molar-refractivity contribution in [2.75, 3.05) is 33.7 Å². The van der Waals surface area contributed by atoms with Crippen molar-refractivity contribution >= 4 is 16.1 Å². The molecule has 9 heteroatoms. The summed E-state index contributed by atoms with van der Waals surface area (Å²) in [4.78, 5) is 20.1. The maximum atomic E-state index is 13.4. The fourth-order valence-corrected chi connectivity index (χ4v) is 5.48. The first-order valence-corrected chi connectivity index (χ1v) is 10.9. The van der Waals surface area contributed by atoms with Crippen LogP contribution in [-0.4, -0.2) is 72.9 Å². The second kappa shape index (κ2) is 7.31. The lowest BCUT2D eigenvalue weighted by Crippen LogP contribution is -2.50. The number of amides is 2. The lowest BCUT2D eigenvalue weighted by molar-refractivity contribution is 0.0592. The van der Waals surface area contributed by atoms with E-state index in [1.165, 1.54) is 9.21 Å². The first kappa shape index (κ1) is 19.7. The topological polar surface area (TPSA) is 83.1 Å². The molecule has 1 atom stereocenters. The van der Waals surface area contributed by atoms with Crippen molar-refractivity contribution in [1.29, 1.82) is 0 Å². The lowest BCUT2D eigenvalue weighted by atomic mass is 10.0. The molecule has 1 aromatic heterocycles. The summed E-state index contributed by atoms with van der Waals surface area (Å²) < 4.78 is 34.6. The molecular weight excluding hydrogens is 392 g/mol. The molecule has 0 bridgehead atoms. The van der Waals surface area contributed by atoms with Gasteiger partial charge in [-0.05, 0) is 24.3 Å². The van der Waals surface area contributed by atoms with Crippen LogP contribution < -0.4 is 4.74 Å². The smallest absolute Gasteiger partial charge is 0.319 e. The van der Waals surface area contributed by atoms with Crippen LogP contribution in [0.3, 0.4) is 0 Å². The number of rotatable bonds is 2. The molecule has 0 unspecified atom stereocenters. The minimum absolute atomic E-state index is 0.109. The summed E-state index contributed by atoms with van der Waals surface area (Å²) >= 11 is 0. The molecule has 4 rings (SSSR count). The molecule has 29 heavy (non-hydrogen) atoms. The lowest BCUT2D eigenvalue weighted by Gasteiger charge is -2.32. The standard InChI is InChI=1S/C20H24N4O4S/c1-22(2)19(25)23-12-10-20(14-23)15-24(13-16-7-5-6-11-21-16)29(26,27)18-9-4-3-8-17(18)28-20/h3-9,11H,10,12-15H2,1-2H3/t20-/m0/s1. The van der Waals surface area contributed by atoms with Crippen molar-refractivity contribution in [3.05, 3.63) is 54.4 Å². The third-order valence-corrected chi connectivity index (χ3v) is 7.12. The minimum Gasteiger partial charge on any atom is -0.483 e. The van der Waals surface area contributed by atoms with Crippen molar-refractivity contribution < 1.29 is 17.9 Å². The van der Waals surface area contributed by atoms with E-state index in [0.717, 1.165) is 0 Å². The molecule has 2 aliphatic heterocycles. The van der Waals surface area contributed by atoms with E-state index in [1.54, 1.807) is 61.6 Å². The first-order valence-electron chi connectivity index (χ1n) is 9.45. The average Bonchev–Trinajstić information content (AvgIpc) is 3.08. The monoisotopic (exact) mass is 416 g/mol. The summed E-state index contributed by atoms with van der Waals surface area (Å²) in [5.41, 5.74) is -0.148. The molecule has 0 radical (unpaired) electrons. The molecular formula is C20H24N4O4S. The van der Waals surface area contributed by atoms with Gasteiger partial charge in [0, 0.05) is 33.3 Å². The second-order valence-corrected chi connectivity index (χ2v) is 9.58. The van der Waals surface area contributed by atoms with Gasteiger partial charge in [0.15, 0.2) is 0 Å². The summed E-state index contributed by atoms with van der Waals surface area (Å²) in [5, 5.41) is 0. The molecule has 2 amide bonds. The molecule has 8 nitrogen and oxygen atoms in total. The fraction of sp³-hybridized carbons (Fsp3) is 0.400. The quantitative estimate of drug-likeness (QED) is 0.745. The number of carbonyl (C=O) groups excluding carboxylic acids is 1. The highest BCUT2D eigenvalue weighted by atomic mass is 32.2. The number of hydrogen-bond donors (Lipinski definition) is 0. The van der Waals surface area contributed by atoms with E-state index in [-0.39, 0.29) is 24.0 Å². The molecule has 154 valence electrons. The number of sulfonamides is 1. The first-order chi connectivity index (χ1) is 13.8. The molecule has 0 aliphatic carbocycles. The maximum absolute atomic E-state index is 13.4. The number of urea groups is 1. The van der Waals surface area contributed by atoms with Crippen LogP contribution >= 0.6 is 0 Å². The Balaban J connectivity index is 1.73. The van der Waals surface area contributed by atoms with Crippen molar-refractivity contribution in [2.45, 2.75) is 23.5 Å². The van der Waals surface area contributed by atoms with Crippen molar-refractivity contribution in [1.82, 2.24) is 19.1 Å². The van der Waals surface area contributed by atoms with Crippen molar-refractivity contribution in [3.63, 3.8) is 0 Å². The number of hydrogen-bond acceptors (Lipinski definition) is 5. The van der Waals surface area contributed by atoms with Crippen LogP contribution in [0.15, 0.2) is 53.6 Å². The van der Waals surface area contributed by atoms with E-state index < -0.39 is 15.6 Å². The molecule has 0 N–H and O–H groups in total. The molecule has 3 heterocycles. The Hall–Kier alpha value is -2.65. The molecule has 1 aromatic carbocycles. The molecule has 1 spiro atoms. The number of para-hydroxylation sites is 1. The molecule has 1 saturated heterocycles. The van der Waals surface area contributed by atoms with E-state index in [4.69, 9.17) is 4.74 Å². The Morgan fingerprint density at radius 1 is 1.17 bits per heavy atom. The van der Waals surface area contributed by atoms with Gasteiger partial charge in [-0.25, -0.2) is 13.2 Å². The molecule has 0 saturated carbocycles. The van der Waals surface area contributed by atoms with Gasteiger partial charge in [0.1, 0.15) is 16.2 Å². The number of benzene rings is 1. The number of aromatic nitrogens is 1. The summed E-state index contributed by atoms with van der Waals surface area (Å²) in [7, 11) is -0.375. The summed E-state index contributed by atoms with van der Waals surface area (Å²) in [6.45, 7) is 1.13. The van der Waals surface area contributed by atoms with Crippen LogP contribution in [0.4, 0.5) is 4.79 Å². The summed E-state index contributed by atoms with van der Waals surface area (Å²) in [6, 6.07) is 12.0.